The van der Waals surface area contributed by atoms with Crippen molar-refractivity contribution in [2.24, 2.45) is 7.05 Å². The van der Waals surface area contributed by atoms with E-state index < -0.39 is 0 Å². The van der Waals surface area contributed by atoms with Crippen molar-refractivity contribution in [1.82, 2.24) is 14.9 Å². The molecule has 0 radical (unpaired) electrons. The van der Waals surface area contributed by atoms with Gasteiger partial charge in [0.25, 0.3) is 0 Å². The number of halogens is 2. The summed E-state index contributed by atoms with van der Waals surface area (Å²) in [5, 5.41) is 3.10. The second kappa shape index (κ2) is 5.63. The minimum atomic E-state index is -0.235. The SMILES string of the molecule is CNCCc1nc(-c2ccc(F)cc2)c(Br)n1C. The molecule has 0 saturated heterocycles. The van der Waals surface area contributed by atoms with Crippen LogP contribution in [-0.2, 0) is 13.5 Å². The molecule has 5 heteroatoms. The normalized spacial score (nSPS) is 10.9. The topological polar surface area (TPSA) is 29.9 Å². The van der Waals surface area contributed by atoms with Gasteiger partial charge in [-0.1, -0.05) is 0 Å². The molecule has 1 aromatic carbocycles. The molecule has 0 spiro atoms. The van der Waals surface area contributed by atoms with Crippen molar-refractivity contribution in [1.29, 1.82) is 0 Å². The Hall–Kier alpha value is -1.20. The summed E-state index contributed by atoms with van der Waals surface area (Å²) in [6.07, 6.45) is 0.854. The number of benzene rings is 1. The average molecular weight is 312 g/mol. The molecular weight excluding hydrogens is 297 g/mol. The molecule has 0 bridgehead atoms. The van der Waals surface area contributed by atoms with Gasteiger partial charge in [0.1, 0.15) is 21.9 Å². The first-order chi connectivity index (χ1) is 8.63. The van der Waals surface area contributed by atoms with Crippen molar-refractivity contribution >= 4 is 15.9 Å². The summed E-state index contributed by atoms with van der Waals surface area (Å²) in [5.41, 5.74) is 1.76. The van der Waals surface area contributed by atoms with Crippen LogP contribution in [0.5, 0.6) is 0 Å². The van der Waals surface area contributed by atoms with E-state index in [9.17, 15) is 4.39 Å². The van der Waals surface area contributed by atoms with Crippen molar-refractivity contribution in [3.63, 3.8) is 0 Å². The first-order valence-electron chi connectivity index (χ1n) is 5.75. The van der Waals surface area contributed by atoms with E-state index in [2.05, 4.69) is 26.2 Å². The molecule has 2 rings (SSSR count). The van der Waals surface area contributed by atoms with Crippen LogP contribution in [0.1, 0.15) is 5.82 Å². The maximum Gasteiger partial charge on any atom is 0.123 e. The van der Waals surface area contributed by atoms with Gasteiger partial charge in [-0.05, 0) is 47.2 Å². The first kappa shape index (κ1) is 13.2. The van der Waals surface area contributed by atoms with E-state index in [-0.39, 0.29) is 5.82 Å². The lowest BCUT2D eigenvalue weighted by Gasteiger charge is -2.01. The van der Waals surface area contributed by atoms with Gasteiger partial charge < -0.3 is 9.88 Å². The van der Waals surface area contributed by atoms with Crippen LogP contribution in [0.15, 0.2) is 28.9 Å². The largest absolute Gasteiger partial charge is 0.325 e. The molecule has 0 atom stereocenters. The molecule has 1 heterocycles. The minimum Gasteiger partial charge on any atom is -0.325 e. The Labute approximate surface area is 114 Å². The van der Waals surface area contributed by atoms with Crippen molar-refractivity contribution < 1.29 is 4.39 Å². The second-order valence-corrected chi connectivity index (χ2v) is 4.84. The van der Waals surface area contributed by atoms with Gasteiger partial charge in [0.2, 0.25) is 0 Å². The zero-order valence-electron chi connectivity index (χ0n) is 10.4. The number of hydrogen-bond donors (Lipinski definition) is 1. The quantitative estimate of drug-likeness (QED) is 0.941. The molecule has 2 aromatic rings. The van der Waals surface area contributed by atoms with Gasteiger partial charge in [-0.25, -0.2) is 9.37 Å². The third-order valence-electron chi connectivity index (χ3n) is 2.83. The predicted molar refractivity (Wildman–Crippen MR) is 73.9 cm³/mol. The van der Waals surface area contributed by atoms with Crippen LogP contribution in [0.4, 0.5) is 4.39 Å². The van der Waals surface area contributed by atoms with Gasteiger partial charge in [0.15, 0.2) is 0 Å². The molecule has 0 aliphatic rings. The number of hydrogen-bond acceptors (Lipinski definition) is 2. The third kappa shape index (κ3) is 2.62. The monoisotopic (exact) mass is 311 g/mol. The van der Waals surface area contributed by atoms with Crippen LogP contribution in [0.25, 0.3) is 11.3 Å². The van der Waals surface area contributed by atoms with Gasteiger partial charge in [-0.3, -0.25) is 0 Å². The van der Waals surface area contributed by atoms with Gasteiger partial charge in [0, 0.05) is 25.6 Å². The molecule has 1 aromatic heterocycles. The second-order valence-electron chi connectivity index (χ2n) is 4.09. The number of nitrogens with one attached hydrogen (secondary N) is 1. The highest BCUT2D eigenvalue weighted by molar-refractivity contribution is 9.10. The highest BCUT2D eigenvalue weighted by Crippen LogP contribution is 2.28. The smallest absolute Gasteiger partial charge is 0.123 e. The number of likely N-dealkylation sites (N-methyl/N-ethyl adjacent to an activating group) is 1. The molecule has 0 fully saturated rings. The highest BCUT2D eigenvalue weighted by Gasteiger charge is 2.13. The highest BCUT2D eigenvalue weighted by atomic mass is 79.9. The van der Waals surface area contributed by atoms with E-state index in [0.717, 1.165) is 34.7 Å². The Bertz CT molecular complexity index is 534. The fourth-order valence-corrected chi connectivity index (χ4v) is 2.30. The van der Waals surface area contributed by atoms with Crippen molar-refractivity contribution in [3.8, 4) is 11.3 Å². The summed E-state index contributed by atoms with van der Waals surface area (Å²) < 4.78 is 15.8. The molecule has 0 amide bonds. The number of aromatic nitrogens is 2. The van der Waals surface area contributed by atoms with Crippen molar-refractivity contribution in [2.75, 3.05) is 13.6 Å². The maximum absolute atomic E-state index is 12.9. The van der Waals surface area contributed by atoms with Gasteiger partial charge in [0.05, 0.1) is 0 Å². The Balaban J connectivity index is 2.36. The molecule has 0 aliphatic heterocycles. The van der Waals surface area contributed by atoms with Gasteiger partial charge in [-0.2, -0.15) is 0 Å². The number of nitrogens with zero attached hydrogens (tertiary/aromatic N) is 2. The molecule has 1 N–H and O–H groups in total. The Morgan fingerprint density at radius 2 is 2.00 bits per heavy atom. The molecule has 18 heavy (non-hydrogen) atoms. The van der Waals surface area contributed by atoms with Gasteiger partial charge >= 0.3 is 0 Å². The zero-order chi connectivity index (χ0) is 13.1. The van der Waals surface area contributed by atoms with Crippen LogP contribution in [-0.4, -0.2) is 23.1 Å². The fourth-order valence-electron chi connectivity index (χ4n) is 1.77. The van der Waals surface area contributed by atoms with Crippen LogP contribution >= 0.6 is 15.9 Å². The van der Waals surface area contributed by atoms with Crippen LogP contribution in [0.3, 0.4) is 0 Å². The van der Waals surface area contributed by atoms with Crippen molar-refractivity contribution in [2.45, 2.75) is 6.42 Å². The molecule has 96 valence electrons. The maximum atomic E-state index is 12.9. The lowest BCUT2D eigenvalue weighted by Crippen LogP contribution is -2.13. The summed E-state index contributed by atoms with van der Waals surface area (Å²) >= 11 is 3.53. The molecule has 0 saturated carbocycles. The van der Waals surface area contributed by atoms with E-state index in [1.54, 1.807) is 12.1 Å². The molecular formula is C13H15BrFN3. The molecule has 0 unspecified atom stereocenters. The lowest BCUT2D eigenvalue weighted by molar-refractivity contribution is 0.628. The standard InChI is InChI=1S/C13H15BrFN3/c1-16-8-7-11-17-12(13(14)18(11)2)9-3-5-10(15)6-4-9/h3-6,16H,7-8H2,1-2H3. The fraction of sp³-hybridized carbons (Fsp3) is 0.308. The van der Waals surface area contributed by atoms with Crippen LogP contribution in [0.2, 0.25) is 0 Å². The number of rotatable bonds is 4. The van der Waals surface area contributed by atoms with Crippen LogP contribution in [0, 0.1) is 5.82 Å². The minimum absolute atomic E-state index is 0.235. The van der Waals surface area contributed by atoms with Crippen LogP contribution < -0.4 is 5.32 Å². The summed E-state index contributed by atoms with van der Waals surface area (Å²) in [6.45, 7) is 0.875. The van der Waals surface area contributed by atoms with E-state index in [0.29, 0.717) is 0 Å². The van der Waals surface area contributed by atoms with Crippen molar-refractivity contribution in [3.05, 3.63) is 40.5 Å². The van der Waals surface area contributed by atoms with Gasteiger partial charge in [-0.15, -0.1) is 0 Å². The van der Waals surface area contributed by atoms with E-state index >= 15 is 0 Å². The third-order valence-corrected chi connectivity index (χ3v) is 3.74. The Kier molecular flexibility index (Phi) is 4.14. The summed E-state index contributed by atoms with van der Waals surface area (Å²) in [5.74, 6) is 0.761. The average Bonchev–Trinajstić information content (AvgIpc) is 2.65. The summed E-state index contributed by atoms with van der Waals surface area (Å²) in [4.78, 5) is 4.60. The summed E-state index contributed by atoms with van der Waals surface area (Å²) in [6, 6.07) is 6.38. The zero-order valence-corrected chi connectivity index (χ0v) is 12.0. The van der Waals surface area contributed by atoms with E-state index in [4.69, 9.17) is 0 Å². The Morgan fingerprint density at radius 1 is 1.33 bits per heavy atom. The predicted octanol–water partition coefficient (Wildman–Crippen LogP) is 2.75. The molecule has 0 aliphatic carbocycles. The summed E-state index contributed by atoms with van der Waals surface area (Å²) in [7, 11) is 3.88. The lowest BCUT2D eigenvalue weighted by atomic mass is 10.2. The van der Waals surface area contributed by atoms with E-state index in [1.807, 2.05) is 18.7 Å². The molecule has 3 nitrogen and oxygen atoms in total. The first-order valence-corrected chi connectivity index (χ1v) is 6.54. The Morgan fingerprint density at radius 3 is 2.61 bits per heavy atom. The van der Waals surface area contributed by atoms with E-state index in [1.165, 1.54) is 12.1 Å². The number of imidazole rings is 1.